The molecule has 1 aliphatic rings. The number of nitrogens with zero attached hydrogens (tertiary/aromatic N) is 1. The van der Waals surface area contributed by atoms with Crippen molar-refractivity contribution in [1.82, 2.24) is 5.16 Å². The first kappa shape index (κ1) is 11.6. The molecule has 1 atom stereocenters. The highest BCUT2D eigenvalue weighted by Gasteiger charge is 2.50. The number of nitrogens with two attached hydrogens (primary N) is 1. The van der Waals surface area contributed by atoms with E-state index in [1.165, 1.54) is 0 Å². The van der Waals surface area contributed by atoms with E-state index in [9.17, 15) is 0 Å². The minimum Gasteiger partial charge on any atom is -0.380 e. The maximum absolute atomic E-state index is 6.03. The maximum atomic E-state index is 6.03. The number of rotatable bonds is 2. The third kappa shape index (κ3) is 1.79. The number of aromatic nitrogens is 1. The van der Waals surface area contributed by atoms with Gasteiger partial charge in [0.1, 0.15) is 5.76 Å². The van der Waals surface area contributed by atoms with Crippen molar-refractivity contribution in [2.75, 3.05) is 5.73 Å². The van der Waals surface area contributed by atoms with Crippen molar-refractivity contribution in [1.29, 1.82) is 0 Å². The van der Waals surface area contributed by atoms with Gasteiger partial charge >= 0.3 is 0 Å². The van der Waals surface area contributed by atoms with Crippen LogP contribution >= 0.6 is 11.6 Å². The van der Waals surface area contributed by atoms with Crippen LogP contribution in [0, 0.1) is 5.41 Å². The molecule has 1 aromatic carbocycles. The molecule has 18 heavy (non-hydrogen) atoms. The van der Waals surface area contributed by atoms with Crippen molar-refractivity contribution in [2.45, 2.75) is 26.2 Å². The Morgan fingerprint density at radius 3 is 2.78 bits per heavy atom. The van der Waals surface area contributed by atoms with Crippen LogP contribution in [0.25, 0.3) is 11.1 Å². The Balaban J connectivity index is 2.09. The molecule has 0 aliphatic heterocycles. The molecule has 1 unspecified atom stereocenters. The van der Waals surface area contributed by atoms with Crippen LogP contribution in [0.1, 0.15) is 31.9 Å². The topological polar surface area (TPSA) is 52.0 Å². The molecule has 2 aromatic rings. The summed E-state index contributed by atoms with van der Waals surface area (Å²) in [5.41, 5.74) is 8.07. The molecule has 3 nitrogen and oxygen atoms in total. The second kappa shape index (κ2) is 3.75. The molecule has 1 aliphatic carbocycles. The van der Waals surface area contributed by atoms with E-state index in [-0.39, 0.29) is 5.41 Å². The Morgan fingerprint density at radius 1 is 1.44 bits per heavy atom. The summed E-state index contributed by atoms with van der Waals surface area (Å²) in [6.45, 7) is 4.44. The van der Waals surface area contributed by atoms with E-state index in [0.717, 1.165) is 23.3 Å². The minimum atomic E-state index is 0.277. The van der Waals surface area contributed by atoms with Gasteiger partial charge in [-0.05, 0) is 29.5 Å². The first-order valence-corrected chi connectivity index (χ1v) is 6.38. The fourth-order valence-corrected chi connectivity index (χ4v) is 2.59. The van der Waals surface area contributed by atoms with Crippen LogP contribution in [0.2, 0.25) is 5.02 Å². The first-order valence-electron chi connectivity index (χ1n) is 6.00. The van der Waals surface area contributed by atoms with E-state index in [2.05, 4.69) is 19.0 Å². The van der Waals surface area contributed by atoms with E-state index in [4.69, 9.17) is 21.9 Å². The molecule has 1 heterocycles. The van der Waals surface area contributed by atoms with Gasteiger partial charge in [0.15, 0.2) is 5.82 Å². The average Bonchev–Trinajstić information content (AvgIpc) is 2.77. The van der Waals surface area contributed by atoms with Crippen LogP contribution < -0.4 is 5.73 Å². The molecular weight excluding hydrogens is 248 g/mol. The lowest BCUT2D eigenvalue weighted by Gasteiger charge is -2.04. The molecule has 94 valence electrons. The minimum absolute atomic E-state index is 0.277. The fraction of sp³-hybridized carbons (Fsp3) is 0.357. The zero-order chi connectivity index (χ0) is 12.9. The van der Waals surface area contributed by atoms with Gasteiger partial charge in [-0.25, -0.2) is 0 Å². The zero-order valence-corrected chi connectivity index (χ0v) is 11.2. The molecular formula is C14H15ClN2O. The summed E-state index contributed by atoms with van der Waals surface area (Å²) in [5, 5.41) is 4.60. The first-order chi connectivity index (χ1) is 8.49. The summed E-state index contributed by atoms with van der Waals surface area (Å²) < 4.78 is 5.43. The van der Waals surface area contributed by atoms with Crippen LogP contribution in [0.15, 0.2) is 28.8 Å². The summed E-state index contributed by atoms with van der Waals surface area (Å²) in [6, 6.07) is 7.62. The molecule has 3 rings (SSSR count). The van der Waals surface area contributed by atoms with Crippen molar-refractivity contribution in [3.05, 3.63) is 35.0 Å². The number of hydrogen-bond donors (Lipinski definition) is 1. The van der Waals surface area contributed by atoms with Crippen LogP contribution in [0.3, 0.4) is 0 Å². The predicted octanol–water partition coefficient (Wildman–Crippen LogP) is 4.09. The van der Waals surface area contributed by atoms with Gasteiger partial charge in [-0.1, -0.05) is 42.7 Å². The van der Waals surface area contributed by atoms with Crippen LogP contribution in [-0.2, 0) is 0 Å². The Labute approximate surface area is 111 Å². The highest BCUT2D eigenvalue weighted by atomic mass is 35.5. The molecule has 0 spiro atoms. The Bertz CT molecular complexity index is 604. The van der Waals surface area contributed by atoms with Gasteiger partial charge in [0.2, 0.25) is 0 Å². The number of anilines is 1. The fourth-order valence-electron chi connectivity index (χ4n) is 2.40. The van der Waals surface area contributed by atoms with Crippen LogP contribution in [0.4, 0.5) is 5.82 Å². The largest absolute Gasteiger partial charge is 0.380 e. The summed E-state index contributed by atoms with van der Waals surface area (Å²) in [5.74, 6) is 1.73. The highest BCUT2D eigenvalue weighted by Crippen LogP contribution is 2.60. The molecule has 1 aromatic heterocycles. The van der Waals surface area contributed by atoms with Crippen molar-refractivity contribution >= 4 is 17.4 Å². The normalized spacial score (nSPS) is 20.9. The lowest BCUT2D eigenvalue weighted by atomic mass is 10.0. The molecule has 1 saturated carbocycles. The number of hydrogen-bond acceptors (Lipinski definition) is 3. The van der Waals surface area contributed by atoms with Gasteiger partial charge in [0, 0.05) is 10.9 Å². The molecule has 0 saturated heterocycles. The Kier molecular flexibility index (Phi) is 2.42. The zero-order valence-electron chi connectivity index (χ0n) is 10.4. The van der Waals surface area contributed by atoms with Gasteiger partial charge in [0.25, 0.3) is 0 Å². The monoisotopic (exact) mass is 262 g/mol. The summed E-state index contributed by atoms with van der Waals surface area (Å²) in [7, 11) is 0. The number of benzene rings is 1. The van der Waals surface area contributed by atoms with E-state index < -0.39 is 0 Å². The van der Waals surface area contributed by atoms with Crippen molar-refractivity contribution in [2.24, 2.45) is 5.41 Å². The van der Waals surface area contributed by atoms with Gasteiger partial charge in [-0.15, -0.1) is 0 Å². The third-order valence-electron chi connectivity index (χ3n) is 3.69. The van der Waals surface area contributed by atoms with Crippen LogP contribution in [-0.4, -0.2) is 5.16 Å². The van der Waals surface area contributed by atoms with Gasteiger partial charge in [0.05, 0.1) is 5.56 Å². The van der Waals surface area contributed by atoms with Gasteiger partial charge < -0.3 is 10.3 Å². The van der Waals surface area contributed by atoms with Crippen molar-refractivity contribution in [3.8, 4) is 11.1 Å². The Morgan fingerprint density at radius 2 is 2.17 bits per heavy atom. The smallest absolute Gasteiger partial charge is 0.175 e. The summed E-state index contributed by atoms with van der Waals surface area (Å²) in [6.07, 6.45) is 1.11. The number of halogens is 1. The molecule has 0 radical (unpaired) electrons. The van der Waals surface area contributed by atoms with E-state index >= 15 is 0 Å². The number of nitrogen functional groups attached to an aromatic ring is 1. The second-order valence-corrected chi connectivity index (χ2v) is 6.00. The van der Waals surface area contributed by atoms with Crippen molar-refractivity contribution < 1.29 is 4.52 Å². The van der Waals surface area contributed by atoms with E-state index in [0.29, 0.717) is 16.8 Å². The van der Waals surface area contributed by atoms with E-state index in [1.54, 1.807) is 0 Å². The lowest BCUT2D eigenvalue weighted by Crippen LogP contribution is -1.93. The van der Waals surface area contributed by atoms with Gasteiger partial charge in [-0.2, -0.15) is 0 Å². The molecule has 0 amide bonds. The Hall–Kier alpha value is -1.48. The molecule has 1 fully saturated rings. The maximum Gasteiger partial charge on any atom is 0.175 e. The van der Waals surface area contributed by atoms with Gasteiger partial charge in [-0.3, -0.25) is 0 Å². The van der Waals surface area contributed by atoms with Crippen molar-refractivity contribution in [3.63, 3.8) is 0 Å². The molecule has 0 bridgehead atoms. The molecule has 4 heteroatoms. The average molecular weight is 263 g/mol. The van der Waals surface area contributed by atoms with Crippen LogP contribution in [0.5, 0.6) is 0 Å². The standard InChI is InChI=1S/C14H15ClN2O/c1-14(2)7-10(14)12-11(13(16)17-18-12)8-4-3-5-9(15)6-8/h3-6,10H,7H2,1-2H3,(H2,16,17). The molecule has 2 N–H and O–H groups in total. The predicted molar refractivity (Wildman–Crippen MR) is 72.5 cm³/mol. The highest BCUT2D eigenvalue weighted by molar-refractivity contribution is 6.30. The second-order valence-electron chi connectivity index (χ2n) is 5.56. The third-order valence-corrected chi connectivity index (χ3v) is 3.92. The summed E-state index contributed by atoms with van der Waals surface area (Å²) >= 11 is 6.03. The quantitative estimate of drug-likeness (QED) is 0.887. The lowest BCUT2D eigenvalue weighted by molar-refractivity contribution is 0.376. The SMILES string of the molecule is CC1(C)CC1c1onc(N)c1-c1cccc(Cl)c1. The summed E-state index contributed by atoms with van der Waals surface area (Å²) in [4.78, 5) is 0. The van der Waals surface area contributed by atoms with E-state index in [1.807, 2.05) is 24.3 Å².